The van der Waals surface area contributed by atoms with E-state index in [0.717, 1.165) is 25.9 Å². The number of likely N-dealkylation sites (tertiary alicyclic amines) is 1. The van der Waals surface area contributed by atoms with Gasteiger partial charge in [-0.25, -0.2) is 28.4 Å². The van der Waals surface area contributed by atoms with E-state index in [-0.39, 0.29) is 22.0 Å². The molecule has 5 rings (SSSR count). The molecule has 1 aliphatic carbocycles. The smallest absolute Gasteiger partial charge is 0.280 e. The summed E-state index contributed by atoms with van der Waals surface area (Å²) in [6.45, 7) is 4.73. The van der Waals surface area contributed by atoms with Crippen LogP contribution in [0.4, 0.5) is 5.82 Å². The van der Waals surface area contributed by atoms with Crippen molar-refractivity contribution in [2.75, 3.05) is 31.0 Å². The maximum Gasteiger partial charge on any atom is 0.280 e. The largest absolute Gasteiger partial charge is 0.477 e. The predicted molar refractivity (Wildman–Crippen MR) is 138 cm³/mol. The average molecular weight is 545 g/mol. The number of thiazole rings is 1. The molecule has 2 aliphatic rings. The minimum atomic E-state index is -3.47. The molecule has 1 saturated heterocycles. The number of carbonyl (C=O) groups is 1. The zero-order valence-corrected chi connectivity index (χ0v) is 22.0. The van der Waals surface area contributed by atoms with Gasteiger partial charge >= 0.3 is 0 Å². The average Bonchev–Trinajstić information content (AvgIpc) is 3.42. The van der Waals surface area contributed by atoms with Gasteiger partial charge < -0.3 is 15.0 Å². The zero-order valence-electron chi connectivity index (χ0n) is 20.3. The summed E-state index contributed by atoms with van der Waals surface area (Å²) in [4.78, 5) is 37.5. The summed E-state index contributed by atoms with van der Waals surface area (Å²) in [6, 6.07) is 1.11. The van der Waals surface area contributed by atoms with Crippen molar-refractivity contribution in [3.8, 4) is 16.5 Å². The van der Waals surface area contributed by atoms with E-state index in [0.29, 0.717) is 48.1 Å². The number of amides is 1. The molecule has 2 fully saturated rings. The molecular weight excluding hydrogens is 516 g/mol. The van der Waals surface area contributed by atoms with Crippen LogP contribution in [-0.4, -0.2) is 75.6 Å². The Bertz CT molecular complexity index is 1360. The summed E-state index contributed by atoms with van der Waals surface area (Å²) >= 11 is 1.20. The van der Waals surface area contributed by atoms with Crippen molar-refractivity contribution in [2.24, 2.45) is 0 Å². The second kappa shape index (κ2) is 11.0. The van der Waals surface area contributed by atoms with E-state index in [9.17, 15) is 13.2 Å². The molecule has 0 spiro atoms. The number of carbonyl (C=O) groups excluding carboxylic acids is 1. The second-order valence-electron chi connectivity index (χ2n) is 8.91. The van der Waals surface area contributed by atoms with Crippen LogP contribution in [0.15, 0.2) is 31.0 Å². The van der Waals surface area contributed by atoms with Crippen LogP contribution in [0.1, 0.15) is 54.1 Å². The SMILES string of the molecule is CCOc1cncc(-c2cnc(C(=O)N[C@H](CN3CCCC3)c3cc(NS(=O)(=O)C4CC4)ncn3)s2)n1. The number of anilines is 1. The molecule has 12 nitrogen and oxygen atoms in total. The van der Waals surface area contributed by atoms with Crippen molar-refractivity contribution in [1.29, 1.82) is 0 Å². The number of rotatable bonds is 11. The highest BCUT2D eigenvalue weighted by molar-refractivity contribution is 7.93. The van der Waals surface area contributed by atoms with Gasteiger partial charge in [-0.2, -0.15) is 0 Å². The maximum atomic E-state index is 13.2. The second-order valence-corrected chi connectivity index (χ2v) is 11.9. The lowest BCUT2D eigenvalue weighted by Crippen LogP contribution is -2.37. The quantitative estimate of drug-likeness (QED) is 0.368. The highest BCUT2D eigenvalue weighted by Crippen LogP contribution is 2.30. The number of nitrogens with zero attached hydrogens (tertiary/aromatic N) is 6. The zero-order chi connectivity index (χ0) is 25.8. The molecule has 1 atom stereocenters. The Hall–Kier alpha value is -3.23. The molecule has 4 heterocycles. The number of sulfonamides is 1. The van der Waals surface area contributed by atoms with E-state index < -0.39 is 16.1 Å². The summed E-state index contributed by atoms with van der Waals surface area (Å²) in [5.74, 6) is 0.247. The Kier molecular flexibility index (Phi) is 7.58. The summed E-state index contributed by atoms with van der Waals surface area (Å²) in [5, 5.41) is 2.94. The van der Waals surface area contributed by atoms with Crippen molar-refractivity contribution < 1.29 is 17.9 Å². The van der Waals surface area contributed by atoms with E-state index >= 15 is 0 Å². The Morgan fingerprint density at radius 2 is 2.00 bits per heavy atom. The van der Waals surface area contributed by atoms with Gasteiger partial charge in [0.1, 0.15) is 17.8 Å². The van der Waals surface area contributed by atoms with Crippen LogP contribution in [0.3, 0.4) is 0 Å². The van der Waals surface area contributed by atoms with Gasteiger partial charge in [0, 0.05) is 18.8 Å². The van der Waals surface area contributed by atoms with Gasteiger partial charge in [-0.05, 0) is 45.7 Å². The first-order chi connectivity index (χ1) is 17.9. The third-order valence-electron chi connectivity index (χ3n) is 6.06. The van der Waals surface area contributed by atoms with Gasteiger partial charge in [-0.3, -0.25) is 14.5 Å². The molecule has 1 aliphatic heterocycles. The Morgan fingerprint density at radius 3 is 2.76 bits per heavy atom. The Morgan fingerprint density at radius 1 is 1.19 bits per heavy atom. The van der Waals surface area contributed by atoms with Crippen LogP contribution >= 0.6 is 11.3 Å². The summed E-state index contributed by atoms with van der Waals surface area (Å²) in [6.07, 6.45) is 9.52. The molecular formula is C23H28N8O4S2. The fourth-order valence-electron chi connectivity index (χ4n) is 4.06. The molecule has 3 aromatic rings. The highest BCUT2D eigenvalue weighted by Gasteiger charge is 2.36. The van der Waals surface area contributed by atoms with E-state index in [4.69, 9.17) is 4.74 Å². The van der Waals surface area contributed by atoms with Gasteiger partial charge in [0.05, 0.1) is 40.9 Å². The third kappa shape index (κ3) is 6.37. The van der Waals surface area contributed by atoms with E-state index in [1.165, 1.54) is 23.9 Å². The molecule has 3 aromatic heterocycles. The lowest BCUT2D eigenvalue weighted by molar-refractivity contribution is 0.0925. The molecule has 37 heavy (non-hydrogen) atoms. The molecule has 1 amide bonds. The van der Waals surface area contributed by atoms with Gasteiger partial charge in [0.2, 0.25) is 15.9 Å². The summed E-state index contributed by atoms with van der Waals surface area (Å²) in [7, 11) is -3.47. The molecule has 196 valence electrons. The monoisotopic (exact) mass is 544 g/mol. The van der Waals surface area contributed by atoms with Crippen molar-refractivity contribution in [3.05, 3.63) is 41.7 Å². The summed E-state index contributed by atoms with van der Waals surface area (Å²) < 4.78 is 32.7. The van der Waals surface area contributed by atoms with Crippen LogP contribution in [-0.2, 0) is 10.0 Å². The minimum Gasteiger partial charge on any atom is -0.477 e. The van der Waals surface area contributed by atoms with Crippen LogP contribution in [0.5, 0.6) is 5.88 Å². The standard InChI is InChI=1S/C23H28N8O4S2/c1-2-35-21-12-24-10-17(28-21)19-11-25-23(36-19)22(32)29-18(13-31-7-3-4-8-31)16-9-20(27-14-26-16)30-37(33,34)15-5-6-15/h9-12,14-15,18H,2-8,13H2,1H3,(H,29,32)(H,26,27,30)/t18-/m1/s1. The first-order valence-corrected chi connectivity index (χ1v) is 14.6. The van der Waals surface area contributed by atoms with Gasteiger partial charge in [0.25, 0.3) is 5.91 Å². The van der Waals surface area contributed by atoms with Crippen LogP contribution < -0.4 is 14.8 Å². The van der Waals surface area contributed by atoms with Gasteiger partial charge in [-0.1, -0.05) is 0 Å². The van der Waals surface area contributed by atoms with Gasteiger partial charge in [-0.15, -0.1) is 11.3 Å². The normalized spacial score (nSPS) is 16.9. The minimum absolute atomic E-state index is 0.196. The molecule has 0 aromatic carbocycles. The fraction of sp³-hybridized carbons (Fsp3) is 0.478. The van der Waals surface area contributed by atoms with Crippen LogP contribution in [0.25, 0.3) is 10.6 Å². The van der Waals surface area contributed by atoms with Crippen molar-refractivity contribution in [2.45, 2.75) is 43.9 Å². The first kappa shape index (κ1) is 25.4. The van der Waals surface area contributed by atoms with Crippen molar-refractivity contribution in [1.82, 2.24) is 35.1 Å². The predicted octanol–water partition coefficient (Wildman–Crippen LogP) is 2.26. The third-order valence-corrected chi connectivity index (χ3v) is 8.92. The lowest BCUT2D eigenvalue weighted by atomic mass is 10.1. The molecule has 1 saturated carbocycles. The molecule has 0 radical (unpaired) electrons. The van der Waals surface area contributed by atoms with Crippen LogP contribution in [0.2, 0.25) is 0 Å². The molecule has 0 bridgehead atoms. The number of ether oxygens (including phenoxy) is 1. The molecule has 0 unspecified atom stereocenters. The summed E-state index contributed by atoms with van der Waals surface area (Å²) in [5.41, 5.74) is 1.09. The van der Waals surface area contributed by atoms with Crippen molar-refractivity contribution >= 4 is 33.1 Å². The topological polar surface area (TPSA) is 152 Å². The number of nitrogens with one attached hydrogen (secondary N) is 2. The van der Waals surface area contributed by atoms with Crippen molar-refractivity contribution in [3.63, 3.8) is 0 Å². The van der Waals surface area contributed by atoms with E-state index in [2.05, 4.69) is 39.9 Å². The number of hydrogen-bond acceptors (Lipinski definition) is 11. The van der Waals surface area contributed by atoms with Crippen LogP contribution in [0, 0.1) is 0 Å². The van der Waals surface area contributed by atoms with E-state index in [1.54, 1.807) is 18.5 Å². The molecule has 14 heteroatoms. The lowest BCUT2D eigenvalue weighted by Gasteiger charge is -2.24. The Balaban J connectivity index is 1.34. The number of aromatic nitrogens is 5. The van der Waals surface area contributed by atoms with Gasteiger partial charge in [0.15, 0.2) is 5.01 Å². The fourth-order valence-corrected chi connectivity index (χ4v) is 6.16. The Labute approximate surface area is 219 Å². The molecule has 2 N–H and O–H groups in total. The van der Waals surface area contributed by atoms with E-state index in [1.807, 2.05) is 6.92 Å². The number of hydrogen-bond donors (Lipinski definition) is 2. The highest BCUT2D eigenvalue weighted by atomic mass is 32.2. The first-order valence-electron chi connectivity index (χ1n) is 12.2. The maximum absolute atomic E-state index is 13.2.